The second-order valence-electron chi connectivity index (χ2n) is 10.1. The number of hydrogen-bond donors (Lipinski definition) is 1. The number of H-pyrrole nitrogens is 1. The lowest BCUT2D eigenvalue weighted by atomic mass is 9.89. The van der Waals surface area contributed by atoms with E-state index in [-0.39, 0.29) is 24.2 Å². The predicted octanol–water partition coefficient (Wildman–Crippen LogP) is 3.79. The second kappa shape index (κ2) is 8.40. The summed E-state index contributed by atoms with van der Waals surface area (Å²) < 4.78 is 12.3. The highest BCUT2D eigenvalue weighted by Crippen LogP contribution is 2.30. The number of rotatable bonds is 3. The smallest absolute Gasteiger partial charge is 0.410 e. The zero-order chi connectivity index (χ0) is 23.0. The summed E-state index contributed by atoms with van der Waals surface area (Å²) in [6.45, 7) is 12.1. The van der Waals surface area contributed by atoms with Crippen LogP contribution in [0.4, 0.5) is 4.79 Å². The Balaban J connectivity index is 1.74. The van der Waals surface area contributed by atoms with Gasteiger partial charge in [-0.25, -0.2) is 9.59 Å². The van der Waals surface area contributed by atoms with E-state index >= 15 is 0 Å². The van der Waals surface area contributed by atoms with Gasteiger partial charge in [0.05, 0.1) is 11.0 Å². The number of carbonyl (C=O) groups excluding carboxylic acids is 2. The van der Waals surface area contributed by atoms with Crippen LogP contribution in [0.2, 0.25) is 0 Å². The van der Waals surface area contributed by atoms with Gasteiger partial charge in [-0.15, -0.1) is 0 Å². The fourth-order valence-electron chi connectivity index (χ4n) is 3.81. The minimum atomic E-state index is -0.611. The van der Waals surface area contributed by atoms with E-state index in [1.165, 1.54) is 4.57 Å². The van der Waals surface area contributed by atoms with E-state index in [4.69, 9.17) is 9.47 Å². The van der Waals surface area contributed by atoms with Gasteiger partial charge in [0.25, 0.3) is 0 Å². The van der Waals surface area contributed by atoms with Crippen molar-refractivity contribution in [3.05, 3.63) is 34.2 Å². The number of nitrogens with one attached hydrogen (secondary N) is 1. The second-order valence-corrected chi connectivity index (χ2v) is 10.1. The molecule has 0 atom stereocenters. The first-order valence-corrected chi connectivity index (χ1v) is 10.7. The molecule has 0 saturated carbocycles. The third-order valence-corrected chi connectivity index (χ3v) is 5.12. The van der Waals surface area contributed by atoms with Crippen LogP contribution >= 0.6 is 0 Å². The van der Waals surface area contributed by atoms with Crippen molar-refractivity contribution >= 4 is 23.1 Å². The maximum Gasteiger partial charge on any atom is 0.410 e. The number of ether oxygens (including phenoxy) is 2. The lowest BCUT2D eigenvalue weighted by molar-refractivity contribution is -0.155. The molecular weight excluding hydrogens is 398 g/mol. The van der Waals surface area contributed by atoms with Crippen molar-refractivity contribution in [1.29, 1.82) is 0 Å². The maximum atomic E-state index is 12.4. The molecule has 1 aliphatic rings. The zero-order valence-corrected chi connectivity index (χ0v) is 19.3. The Bertz CT molecular complexity index is 1010. The van der Waals surface area contributed by atoms with Gasteiger partial charge >= 0.3 is 17.8 Å². The summed E-state index contributed by atoms with van der Waals surface area (Å²) in [5, 5.41) is 0. The summed E-state index contributed by atoms with van der Waals surface area (Å²) in [6.07, 6.45) is 1.34. The van der Waals surface area contributed by atoms with Crippen molar-refractivity contribution in [3.63, 3.8) is 0 Å². The molecule has 170 valence electrons. The van der Waals surface area contributed by atoms with Crippen molar-refractivity contribution in [1.82, 2.24) is 14.5 Å². The van der Waals surface area contributed by atoms with Gasteiger partial charge in [0.15, 0.2) is 0 Å². The summed E-state index contributed by atoms with van der Waals surface area (Å²) in [5.41, 5.74) is 1.00. The Labute approximate surface area is 182 Å². The molecule has 1 aromatic carbocycles. The van der Waals surface area contributed by atoms with Crippen molar-refractivity contribution in [2.45, 2.75) is 78.0 Å². The summed E-state index contributed by atoms with van der Waals surface area (Å²) >= 11 is 0. The number of likely N-dealkylation sites (tertiary alicyclic amines) is 1. The Hall–Kier alpha value is -2.77. The minimum Gasteiger partial charge on any atom is -0.459 e. The average molecular weight is 432 g/mol. The Morgan fingerprint density at radius 2 is 1.65 bits per heavy atom. The Morgan fingerprint density at radius 1 is 1.03 bits per heavy atom. The molecule has 0 bridgehead atoms. The molecule has 0 unspecified atom stereocenters. The molecule has 2 aromatic rings. The number of aromatic nitrogens is 2. The summed E-state index contributed by atoms with van der Waals surface area (Å²) in [5.74, 6) is -0.186. The molecule has 0 radical (unpaired) electrons. The molecule has 3 rings (SSSR count). The van der Waals surface area contributed by atoms with Crippen LogP contribution in [-0.4, -0.2) is 50.8 Å². The SMILES string of the molecule is CC(C)(C)OC(=O)Cn1c(=O)[nH]c2ccc(C3CCN(C(=O)OC(C)(C)C)CC3)cc21. The molecule has 1 aromatic heterocycles. The summed E-state index contributed by atoms with van der Waals surface area (Å²) in [7, 11) is 0. The molecule has 0 aliphatic carbocycles. The van der Waals surface area contributed by atoms with Crippen molar-refractivity contribution < 1.29 is 19.1 Å². The fraction of sp³-hybridized carbons (Fsp3) is 0.609. The first-order chi connectivity index (χ1) is 14.3. The van der Waals surface area contributed by atoms with E-state index in [9.17, 15) is 14.4 Å². The lowest BCUT2D eigenvalue weighted by Gasteiger charge is -2.33. The highest BCUT2D eigenvalue weighted by Gasteiger charge is 2.28. The van der Waals surface area contributed by atoms with Gasteiger partial charge in [0.1, 0.15) is 17.7 Å². The third kappa shape index (κ3) is 5.89. The van der Waals surface area contributed by atoms with Gasteiger partial charge in [-0.2, -0.15) is 0 Å². The number of carbonyl (C=O) groups is 2. The molecule has 1 aliphatic heterocycles. The fourth-order valence-corrected chi connectivity index (χ4v) is 3.81. The molecule has 1 N–H and O–H groups in total. The maximum absolute atomic E-state index is 12.4. The Morgan fingerprint density at radius 3 is 2.23 bits per heavy atom. The number of benzene rings is 1. The number of fused-ring (bicyclic) bond motifs is 1. The number of piperidine rings is 1. The molecule has 1 fully saturated rings. The van der Waals surface area contributed by atoms with Crippen molar-refractivity contribution in [2.75, 3.05) is 13.1 Å². The summed E-state index contributed by atoms with van der Waals surface area (Å²) in [4.78, 5) is 41.5. The number of imidazole rings is 1. The van der Waals surface area contributed by atoms with Gasteiger partial charge in [-0.05, 0) is 78.0 Å². The largest absolute Gasteiger partial charge is 0.459 e. The van der Waals surface area contributed by atoms with Gasteiger partial charge in [0.2, 0.25) is 0 Å². The molecule has 0 spiro atoms. The lowest BCUT2D eigenvalue weighted by Crippen LogP contribution is -2.41. The van der Waals surface area contributed by atoms with Crippen LogP contribution in [0.1, 0.15) is 65.9 Å². The van der Waals surface area contributed by atoms with Crippen LogP contribution in [-0.2, 0) is 20.8 Å². The van der Waals surface area contributed by atoms with E-state index in [1.54, 1.807) is 25.7 Å². The van der Waals surface area contributed by atoms with E-state index < -0.39 is 17.2 Å². The zero-order valence-electron chi connectivity index (χ0n) is 19.3. The van der Waals surface area contributed by atoms with Gasteiger partial charge in [-0.3, -0.25) is 9.36 Å². The molecule has 1 saturated heterocycles. The van der Waals surface area contributed by atoms with Crippen molar-refractivity contribution in [2.24, 2.45) is 0 Å². The molecule has 2 heterocycles. The van der Waals surface area contributed by atoms with Gasteiger partial charge in [-0.1, -0.05) is 6.07 Å². The van der Waals surface area contributed by atoms with Crippen LogP contribution in [0.3, 0.4) is 0 Å². The number of esters is 1. The molecule has 31 heavy (non-hydrogen) atoms. The highest BCUT2D eigenvalue weighted by atomic mass is 16.6. The van der Waals surface area contributed by atoms with E-state index in [1.807, 2.05) is 39.0 Å². The molecular formula is C23H33N3O5. The Kier molecular flexibility index (Phi) is 6.21. The quantitative estimate of drug-likeness (QED) is 0.747. The molecule has 1 amide bonds. The van der Waals surface area contributed by atoms with E-state index in [2.05, 4.69) is 4.98 Å². The normalized spacial score (nSPS) is 15.9. The van der Waals surface area contributed by atoms with Gasteiger partial charge in [0, 0.05) is 13.1 Å². The highest BCUT2D eigenvalue weighted by molar-refractivity contribution is 5.79. The standard InChI is InChI=1S/C23H33N3O5/c1-22(2,3)30-19(27)14-26-18-13-16(7-8-17(18)24-20(26)28)15-9-11-25(12-10-15)21(29)31-23(4,5)6/h7-8,13,15H,9-12,14H2,1-6H3,(H,24,28). The van der Waals surface area contributed by atoms with Crippen molar-refractivity contribution in [3.8, 4) is 0 Å². The van der Waals surface area contributed by atoms with E-state index in [0.717, 1.165) is 18.4 Å². The van der Waals surface area contributed by atoms with Crippen LogP contribution in [0.25, 0.3) is 11.0 Å². The number of hydrogen-bond acceptors (Lipinski definition) is 5. The van der Waals surface area contributed by atoms with E-state index in [0.29, 0.717) is 24.1 Å². The number of amides is 1. The monoisotopic (exact) mass is 431 g/mol. The molecule has 8 nitrogen and oxygen atoms in total. The number of nitrogens with zero attached hydrogens (tertiary/aromatic N) is 2. The third-order valence-electron chi connectivity index (χ3n) is 5.12. The first-order valence-electron chi connectivity index (χ1n) is 10.7. The first kappa shape index (κ1) is 22.9. The molecule has 8 heteroatoms. The van der Waals surface area contributed by atoms with Crippen LogP contribution in [0.5, 0.6) is 0 Å². The number of aromatic amines is 1. The van der Waals surface area contributed by atoms with Crippen LogP contribution in [0, 0.1) is 0 Å². The van der Waals surface area contributed by atoms with Gasteiger partial charge < -0.3 is 19.4 Å². The topological polar surface area (TPSA) is 93.6 Å². The minimum absolute atomic E-state index is 0.142. The summed E-state index contributed by atoms with van der Waals surface area (Å²) in [6, 6.07) is 5.84. The average Bonchev–Trinajstić information content (AvgIpc) is 2.93. The van der Waals surface area contributed by atoms with Crippen LogP contribution < -0.4 is 5.69 Å². The predicted molar refractivity (Wildman–Crippen MR) is 118 cm³/mol. The van der Waals surface area contributed by atoms with Crippen LogP contribution in [0.15, 0.2) is 23.0 Å².